The maximum Gasteiger partial charge on any atom is 0.272 e. The largest absolute Gasteiger partial charge is 0.272 e. The number of aromatic amines is 1. The summed E-state index contributed by atoms with van der Waals surface area (Å²) in [5, 5.41) is 7.60. The monoisotopic (exact) mass is 253 g/mol. The fourth-order valence-electron chi connectivity index (χ4n) is 1.04. The average Bonchev–Trinajstić information content (AvgIpc) is 2.06. The maximum absolute atomic E-state index is 11.1. The zero-order chi connectivity index (χ0) is 7.68. The molecule has 2 rings (SSSR count). The topological polar surface area (TPSA) is 45.8 Å². The van der Waals surface area contributed by atoms with Crippen molar-refractivity contribution in [2.75, 3.05) is 0 Å². The molecule has 12 heavy (non-hydrogen) atoms. The van der Waals surface area contributed by atoms with Crippen LogP contribution in [-0.2, 0) is 22.4 Å². The SMILES string of the molecule is O=c1[nH]ncc2ccccc12.[Ag]. The molecular formula is C8H6AgN2O. The molecule has 1 aromatic carbocycles. The maximum atomic E-state index is 11.1. The third-order valence-electron chi connectivity index (χ3n) is 1.58. The molecule has 1 aromatic heterocycles. The van der Waals surface area contributed by atoms with Gasteiger partial charge in [-0.15, -0.1) is 0 Å². The predicted octanol–water partition coefficient (Wildman–Crippen LogP) is 0.921. The van der Waals surface area contributed by atoms with Gasteiger partial charge in [0.05, 0.1) is 6.20 Å². The van der Waals surface area contributed by atoms with Gasteiger partial charge < -0.3 is 0 Å². The molecule has 4 heteroatoms. The summed E-state index contributed by atoms with van der Waals surface area (Å²) in [6, 6.07) is 7.34. The van der Waals surface area contributed by atoms with Crippen molar-refractivity contribution in [2.45, 2.75) is 0 Å². The second-order valence-electron chi connectivity index (χ2n) is 2.29. The van der Waals surface area contributed by atoms with Gasteiger partial charge in [0.25, 0.3) is 5.56 Å². The van der Waals surface area contributed by atoms with E-state index >= 15 is 0 Å². The van der Waals surface area contributed by atoms with E-state index in [9.17, 15) is 4.79 Å². The summed E-state index contributed by atoms with van der Waals surface area (Å²) in [6.07, 6.45) is 1.64. The van der Waals surface area contributed by atoms with Crippen molar-refractivity contribution >= 4 is 10.8 Å². The number of nitrogens with one attached hydrogen (secondary N) is 1. The van der Waals surface area contributed by atoms with Gasteiger partial charge in [-0.3, -0.25) is 4.79 Å². The van der Waals surface area contributed by atoms with E-state index in [0.29, 0.717) is 5.39 Å². The first-order chi connectivity index (χ1) is 5.38. The van der Waals surface area contributed by atoms with Crippen LogP contribution in [0, 0.1) is 0 Å². The van der Waals surface area contributed by atoms with Gasteiger partial charge in [0.1, 0.15) is 0 Å². The van der Waals surface area contributed by atoms with E-state index in [0.717, 1.165) is 5.39 Å². The summed E-state index contributed by atoms with van der Waals surface area (Å²) in [4.78, 5) is 11.1. The number of rotatable bonds is 0. The molecule has 65 valence electrons. The van der Waals surface area contributed by atoms with Crippen LogP contribution in [0.2, 0.25) is 0 Å². The van der Waals surface area contributed by atoms with E-state index in [-0.39, 0.29) is 27.9 Å². The summed E-state index contributed by atoms with van der Waals surface area (Å²) < 4.78 is 0. The van der Waals surface area contributed by atoms with E-state index in [4.69, 9.17) is 0 Å². The number of benzene rings is 1. The van der Waals surface area contributed by atoms with Crippen LogP contribution in [0.15, 0.2) is 35.3 Å². The molecule has 0 atom stereocenters. The normalized spacial score (nSPS) is 9.33. The van der Waals surface area contributed by atoms with E-state index in [1.807, 2.05) is 18.2 Å². The van der Waals surface area contributed by atoms with Crippen LogP contribution < -0.4 is 5.56 Å². The molecule has 0 amide bonds. The molecule has 0 bridgehead atoms. The van der Waals surface area contributed by atoms with Crippen LogP contribution in [0.4, 0.5) is 0 Å². The van der Waals surface area contributed by atoms with Crippen LogP contribution in [-0.4, -0.2) is 10.2 Å². The van der Waals surface area contributed by atoms with E-state index in [2.05, 4.69) is 10.2 Å². The Labute approximate surface area is 84.3 Å². The Balaban J connectivity index is 0.000000720. The summed E-state index contributed by atoms with van der Waals surface area (Å²) >= 11 is 0. The Bertz CT molecular complexity index is 433. The molecular weight excluding hydrogens is 248 g/mol. The van der Waals surface area contributed by atoms with Crippen molar-refractivity contribution in [1.29, 1.82) is 0 Å². The quantitative estimate of drug-likeness (QED) is 0.710. The zero-order valence-electron chi connectivity index (χ0n) is 6.04. The van der Waals surface area contributed by atoms with Gasteiger partial charge in [0.15, 0.2) is 0 Å². The number of H-pyrrole nitrogens is 1. The Hall–Kier alpha value is -0.900. The molecule has 0 fully saturated rings. The number of fused-ring (bicyclic) bond motifs is 1. The number of aromatic nitrogens is 2. The van der Waals surface area contributed by atoms with Crippen LogP contribution >= 0.6 is 0 Å². The molecule has 0 saturated heterocycles. The number of hydrogen-bond donors (Lipinski definition) is 1. The average molecular weight is 254 g/mol. The van der Waals surface area contributed by atoms with Gasteiger partial charge in [-0.1, -0.05) is 18.2 Å². The number of nitrogens with zero attached hydrogens (tertiary/aromatic N) is 1. The molecule has 0 aliphatic heterocycles. The van der Waals surface area contributed by atoms with Crippen LogP contribution in [0.5, 0.6) is 0 Å². The summed E-state index contributed by atoms with van der Waals surface area (Å²) in [7, 11) is 0. The zero-order valence-corrected chi connectivity index (χ0v) is 7.53. The standard InChI is InChI=1S/C8H6N2O.Ag/c11-8-7-4-2-1-3-6(7)5-9-10-8;/h1-5H,(H,10,11);. The van der Waals surface area contributed by atoms with E-state index in [1.54, 1.807) is 12.3 Å². The first kappa shape index (κ1) is 9.19. The molecule has 3 nitrogen and oxygen atoms in total. The Morgan fingerprint density at radius 1 is 1.25 bits per heavy atom. The first-order valence-electron chi connectivity index (χ1n) is 3.30. The Morgan fingerprint density at radius 2 is 2.00 bits per heavy atom. The fourth-order valence-corrected chi connectivity index (χ4v) is 1.04. The Kier molecular flexibility index (Phi) is 2.81. The van der Waals surface area contributed by atoms with Crippen LogP contribution in [0.3, 0.4) is 0 Å². The van der Waals surface area contributed by atoms with Crippen LogP contribution in [0.1, 0.15) is 0 Å². The summed E-state index contributed by atoms with van der Waals surface area (Å²) in [5.74, 6) is 0. The van der Waals surface area contributed by atoms with E-state index < -0.39 is 0 Å². The molecule has 0 spiro atoms. The van der Waals surface area contributed by atoms with Gasteiger partial charge >= 0.3 is 0 Å². The molecule has 1 heterocycles. The van der Waals surface area contributed by atoms with Gasteiger partial charge in [0.2, 0.25) is 0 Å². The van der Waals surface area contributed by atoms with Crippen molar-refractivity contribution in [1.82, 2.24) is 10.2 Å². The Morgan fingerprint density at radius 3 is 2.75 bits per heavy atom. The van der Waals surface area contributed by atoms with Crippen LogP contribution in [0.25, 0.3) is 10.8 Å². The van der Waals surface area contributed by atoms with E-state index in [1.165, 1.54) is 0 Å². The number of hydrogen-bond acceptors (Lipinski definition) is 2. The van der Waals surface area contributed by atoms with Gasteiger partial charge in [-0.05, 0) is 6.07 Å². The van der Waals surface area contributed by atoms with Crippen molar-refractivity contribution in [3.63, 3.8) is 0 Å². The van der Waals surface area contributed by atoms with Crippen molar-refractivity contribution < 1.29 is 22.4 Å². The molecule has 2 aromatic rings. The molecule has 0 saturated carbocycles. The predicted molar refractivity (Wildman–Crippen MR) is 42.4 cm³/mol. The minimum Gasteiger partial charge on any atom is -0.267 e. The smallest absolute Gasteiger partial charge is 0.267 e. The third kappa shape index (κ3) is 1.48. The van der Waals surface area contributed by atoms with Gasteiger partial charge in [0, 0.05) is 33.2 Å². The van der Waals surface area contributed by atoms with Gasteiger partial charge in [-0.25, -0.2) is 5.10 Å². The minimum absolute atomic E-state index is 0. The van der Waals surface area contributed by atoms with Crippen molar-refractivity contribution in [3.8, 4) is 0 Å². The molecule has 0 aliphatic rings. The minimum atomic E-state index is -0.136. The first-order valence-corrected chi connectivity index (χ1v) is 3.30. The molecule has 1 N–H and O–H groups in total. The molecule has 0 unspecified atom stereocenters. The second kappa shape index (κ2) is 3.67. The van der Waals surface area contributed by atoms with Crippen molar-refractivity contribution in [3.05, 3.63) is 40.8 Å². The van der Waals surface area contributed by atoms with Gasteiger partial charge in [-0.2, -0.15) is 5.10 Å². The summed E-state index contributed by atoms with van der Waals surface area (Å²) in [6.45, 7) is 0. The molecule has 1 radical (unpaired) electrons. The summed E-state index contributed by atoms with van der Waals surface area (Å²) in [5.41, 5.74) is -0.136. The fraction of sp³-hybridized carbons (Fsp3) is 0. The molecule has 0 aliphatic carbocycles. The van der Waals surface area contributed by atoms with Crippen molar-refractivity contribution in [2.24, 2.45) is 0 Å². The third-order valence-corrected chi connectivity index (χ3v) is 1.58. The second-order valence-corrected chi connectivity index (χ2v) is 2.29.